The first-order chi connectivity index (χ1) is 8.93. The summed E-state index contributed by atoms with van der Waals surface area (Å²) in [4.78, 5) is 4.22. The van der Waals surface area contributed by atoms with Crippen LogP contribution >= 0.6 is 0 Å². The molecule has 0 radical (unpaired) electrons. The minimum absolute atomic E-state index is 0.00879. The number of sulfone groups is 1. The largest absolute Gasteiger partial charge is 0.396 e. The van der Waals surface area contributed by atoms with Crippen molar-refractivity contribution in [3.05, 3.63) is 12.2 Å². The van der Waals surface area contributed by atoms with E-state index in [1.807, 2.05) is 18.5 Å². The highest BCUT2D eigenvalue weighted by Crippen LogP contribution is 2.28. The monoisotopic (exact) mass is 287 g/mol. The Hall–Kier alpha value is -0.950. The van der Waals surface area contributed by atoms with Gasteiger partial charge in [0.15, 0.2) is 9.84 Å². The zero-order valence-electron chi connectivity index (χ0n) is 11.4. The number of aliphatic hydroxyl groups excluding tert-OH is 1. The van der Waals surface area contributed by atoms with Gasteiger partial charge in [-0.15, -0.1) is 0 Å². The Balaban J connectivity index is 2.09. The minimum Gasteiger partial charge on any atom is -0.396 e. The lowest BCUT2D eigenvalue weighted by atomic mass is 9.89. The van der Waals surface area contributed by atoms with Gasteiger partial charge in [0.1, 0.15) is 12.2 Å². The lowest BCUT2D eigenvalue weighted by Gasteiger charge is -2.20. The van der Waals surface area contributed by atoms with E-state index in [-0.39, 0.29) is 36.0 Å². The van der Waals surface area contributed by atoms with E-state index in [9.17, 15) is 13.5 Å². The summed E-state index contributed by atoms with van der Waals surface area (Å²) in [5.41, 5.74) is 0. The van der Waals surface area contributed by atoms with Crippen LogP contribution in [0.2, 0.25) is 0 Å². The molecule has 1 aromatic rings. The van der Waals surface area contributed by atoms with Gasteiger partial charge in [-0.2, -0.15) is 5.10 Å². The molecule has 2 heterocycles. The molecule has 1 aromatic heterocycles. The van der Waals surface area contributed by atoms with Crippen LogP contribution in [0.3, 0.4) is 0 Å². The standard InChI is InChI=1S/C12H21N3O3S/c1-9(2)15-12(13-8-14-15)5-11(6-16)10-3-4-19(17,18)7-10/h8-11,16H,3-7H2,1-2H3. The third-order valence-electron chi connectivity index (χ3n) is 3.75. The van der Waals surface area contributed by atoms with Gasteiger partial charge in [-0.3, -0.25) is 0 Å². The molecule has 7 heteroatoms. The SMILES string of the molecule is CC(C)n1ncnc1CC(CO)C1CCS(=O)(=O)C1. The molecule has 0 aliphatic carbocycles. The van der Waals surface area contributed by atoms with Gasteiger partial charge in [-0.1, -0.05) is 0 Å². The predicted molar refractivity (Wildman–Crippen MR) is 71.4 cm³/mol. The summed E-state index contributed by atoms with van der Waals surface area (Å²) in [7, 11) is -2.91. The van der Waals surface area contributed by atoms with Crippen LogP contribution in [-0.4, -0.2) is 46.4 Å². The number of hydrogen-bond donors (Lipinski definition) is 1. The molecule has 1 saturated heterocycles. The van der Waals surface area contributed by atoms with Gasteiger partial charge in [0.2, 0.25) is 0 Å². The third-order valence-corrected chi connectivity index (χ3v) is 5.54. The minimum atomic E-state index is -2.91. The molecule has 1 N–H and O–H groups in total. The van der Waals surface area contributed by atoms with Crippen LogP contribution in [-0.2, 0) is 16.3 Å². The molecule has 0 bridgehead atoms. The van der Waals surface area contributed by atoms with Crippen molar-refractivity contribution in [2.75, 3.05) is 18.1 Å². The van der Waals surface area contributed by atoms with Crippen molar-refractivity contribution < 1.29 is 13.5 Å². The fourth-order valence-electron chi connectivity index (χ4n) is 2.66. The van der Waals surface area contributed by atoms with Crippen molar-refractivity contribution in [3.63, 3.8) is 0 Å². The fourth-order valence-corrected chi connectivity index (χ4v) is 4.58. The Bertz CT molecular complexity index is 524. The molecule has 1 fully saturated rings. The van der Waals surface area contributed by atoms with Gasteiger partial charge in [-0.25, -0.2) is 18.1 Å². The molecular weight excluding hydrogens is 266 g/mol. The number of rotatable bonds is 5. The topological polar surface area (TPSA) is 85.1 Å². The maximum absolute atomic E-state index is 11.5. The average Bonchev–Trinajstić information content (AvgIpc) is 2.92. The molecule has 0 amide bonds. The van der Waals surface area contributed by atoms with E-state index in [1.54, 1.807) is 0 Å². The van der Waals surface area contributed by atoms with Crippen molar-refractivity contribution in [1.82, 2.24) is 14.8 Å². The zero-order valence-corrected chi connectivity index (χ0v) is 12.2. The van der Waals surface area contributed by atoms with Crippen LogP contribution < -0.4 is 0 Å². The summed E-state index contributed by atoms with van der Waals surface area (Å²) in [5, 5.41) is 13.7. The molecule has 6 nitrogen and oxygen atoms in total. The van der Waals surface area contributed by atoms with Crippen LogP contribution in [0.15, 0.2) is 6.33 Å². The van der Waals surface area contributed by atoms with Crippen molar-refractivity contribution in [2.24, 2.45) is 11.8 Å². The van der Waals surface area contributed by atoms with Crippen molar-refractivity contribution in [2.45, 2.75) is 32.7 Å². The number of aromatic nitrogens is 3. The van der Waals surface area contributed by atoms with Crippen LogP contribution in [0.1, 0.15) is 32.1 Å². The molecule has 2 rings (SSSR count). The second-order valence-corrected chi connectivity index (χ2v) is 7.75. The Morgan fingerprint density at radius 3 is 2.79 bits per heavy atom. The molecular formula is C12H21N3O3S. The third kappa shape index (κ3) is 3.33. The summed E-state index contributed by atoms with van der Waals surface area (Å²) >= 11 is 0. The first-order valence-corrected chi connectivity index (χ1v) is 8.44. The highest BCUT2D eigenvalue weighted by atomic mass is 32.2. The van der Waals surface area contributed by atoms with E-state index in [0.29, 0.717) is 12.8 Å². The lowest BCUT2D eigenvalue weighted by molar-refractivity contribution is 0.180. The Kier molecular flexibility index (Phi) is 4.25. The molecule has 0 saturated carbocycles. The smallest absolute Gasteiger partial charge is 0.150 e. The predicted octanol–water partition coefficient (Wildman–Crippen LogP) is 0.445. The average molecular weight is 287 g/mol. The van der Waals surface area contributed by atoms with Gasteiger partial charge in [0, 0.05) is 19.1 Å². The van der Waals surface area contributed by atoms with Crippen LogP contribution in [0.25, 0.3) is 0 Å². The first-order valence-electron chi connectivity index (χ1n) is 6.62. The summed E-state index contributed by atoms with van der Waals surface area (Å²) in [5.74, 6) is 1.23. The molecule has 1 aliphatic rings. The summed E-state index contributed by atoms with van der Waals surface area (Å²) in [6.07, 6.45) is 2.73. The van der Waals surface area contributed by atoms with E-state index in [1.165, 1.54) is 6.33 Å². The lowest BCUT2D eigenvalue weighted by Crippen LogP contribution is -2.24. The molecule has 2 atom stereocenters. The number of nitrogens with zero attached hydrogens (tertiary/aromatic N) is 3. The summed E-state index contributed by atoms with van der Waals surface area (Å²) in [6, 6.07) is 0.212. The highest BCUT2D eigenvalue weighted by molar-refractivity contribution is 7.91. The number of aliphatic hydroxyl groups is 1. The van der Waals surface area contributed by atoms with Gasteiger partial charge >= 0.3 is 0 Å². The van der Waals surface area contributed by atoms with Crippen LogP contribution in [0.4, 0.5) is 0 Å². The Morgan fingerprint density at radius 1 is 1.53 bits per heavy atom. The summed E-state index contributed by atoms with van der Waals surface area (Å²) in [6.45, 7) is 4.03. The molecule has 0 aromatic carbocycles. The Morgan fingerprint density at radius 2 is 2.26 bits per heavy atom. The second-order valence-electron chi connectivity index (χ2n) is 5.52. The van der Waals surface area contributed by atoms with E-state index in [4.69, 9.17) is 0 Å². The van der Waals surface area contributed by atoms with E-state index in [0.717, 1.165) is 5.82 Å². The maximum Gasteiger partial charge on any atom is 0.150 e. The maximum atomic E-state index is 11.5. The number of hydrogen-bond acceptors (Lipinski definition) is 5. The summed E-state index contributed by atoms with van der Waals surface area (Å²) < 4.78 is 24.9. The highest BCUT2D eigenvalue weighted by Gasteiger charge is 2.34. The van der Waals surface area contributed by atoms with Crippen molar-refractivity contribution in [3.8, 4) is 0 Å². The van der Waals surface area contributed by atoms with Gasteiger partial charge < -0.3 is 5.11 Å². The van der Waals surface area contributed by atoms with Gasteiger partial charge in [0.05, 0.1) is 11.5 Å². The van der Waals surface area contributed by atoms with Crippen molar-refractivity contribution in [1.29, 1.82) is 0 Å². The Labute approximate surface area is 113 Å². The van der Waals surface area contributed by atoms with E-state index in [2.05, 4.69) is 10.1 Å². The molecule has 1 aliphatic heterocycles. The fraction of sp³-hybridized carbons (Fsp3) is 0.833. The van der Waals surface area contributed by atoms with Gasteiger partial charge in [-0.05, 0) is 32.1 Å². The molecule has 2 unspecified atom stereocenters. The van der Waals surface area contributed by atoms with E-state index >= 15 is 0 Å². The normalized spacial score (nSPS) is 23.9. The van der Waals surface area contributed by atoms with Crippen LogP contribution in [0, 0.1) is 11.8 Å². The molecule has 0 spiro atoms. The zero-order chi connectivity index (χ0) is 14.0. The van der Waals surface area contributed by atoms with Crippen LogP contribution in [0.5, 0.6) is 0 Å². The van der Waals surface area contributed by atoms with E-state index < -0.39 is 9.84 Å². The second kappa shape index (κ2) is 5.58. The first kappa shape index (κ1) is 14.5. The molecule has 108 valence electrons. The van der Waals surface area contributed by atoms with Crippen molar-refractivity contribution >= 4 is 9.84 Å². The quantitative estimate of drug-likeness (QED) is 0.849. The molecule has 19 heavy (non-hydrogen) atoms. The van der Waals surface area contributed by atoms with Gasteiger partial charge in [0.25, 0.3) is 0 Å².